The second-order valence-electron chi connectivity index (χ2n) is 5.13. The van der Waals surface area contributed by atoms with Crippen LogP contribution in [0.2, 0.25) is 0 Å². The molecule has 3 rings (SSSR count). The largest absolute Gasteiger partial charge is 0.347 e. The van der Waals surface area contributed by atoms with Crippen molar-refractivity contribution in [3.8, 4) is 10.6 Å². The maximum absolute atomic E-state index is 12.2. The molecular formula is C17H15N3O2S. The van der Waals surface area contributed by atoms with Crippen LogP contribution < -0.4 is 11.0 Å². The van der Waals surface area contributed by atoms with Crippen molar-refractivity contribution in [3.63, 3.8) is 0 Å². The lowest BCUT2D eigenvalue weighted by Gasteiger charge is -2.06. The zero-order valence-corrected chi connectivity index (χ0v) is 13.3. The number of carbonyl (C=O) groups excluding carboxylic acids is 1. The van der Waals surface area contributed by atoms with E-state index in [1.165, 1.54) is 11.3 Å². The number of amides is 1. The van der Waals surface area contributed by atoms with Crippen molar-refractivity contribution in [2.45, 2.75) is 13.5 Å². The van der Waals surface area contributed by atoms with E-state index in [9.17, 15) is 9.59 Å². The van der Waals surface area contributed by atoms with E-state index < -0.39 is 5.69 Å². The van der Waals surface area contributed by atoms with Crippen LogP contribution in [0.5, 0.6) is 0 Å². The molecule has 1 aromatic carbocycles. The van der Waals surface area contributed by atoms with Gasteiger partial charge in [0.1, 0.15) is 5.69 Å². The Labute approximate surface area is 137 Å². The van der Waals surface area contributed by atoms with Gasteiger partial charge in [0.05, 0.1) is 10.6 Å². The van der Waals surface area contributed by atoms with Gasteiger partial charge in [-0.1, -0.05) is 35.9 Å². The Morgan fingerprint density at radius 2 is 2.04 bits per heavy atom. The van der Waals surface area contributed by atoms with E-state index >= 15 is 0 Å². The molecule has 2 aromatic heterocycles. The van der Waals surface area contributed by atoms with Crippen molar-refractivity contribution in [2.75, 3.05) is 0 Å². The Bertz CT molecular complexity index is 868. The van der Waals surface area contributed by atoms with Crippen molar-refractivity contribution < 1.29 is 4.79 Å². The van der Waals surface area contributed by atoms with Crippen LogP contribution in [0.3, 0.4) is 0 Å². The van der Waals surface area contributed by atoms with Crippen molar-refractivity contribution in [1.29, 1.82) is 0 Å². The molecule has 5 nitrogen and oxygen atoms in total. The normalized spacial score (nSPS) is 10.5. The number of carbonyl (C=O) groups is 1. The number of benzene rings is 1. The Morgan fingerprint density at radius 3 is 2.74 bits per heavy atom. The Kier molecular flexibility index (Phi) is 4.34. The zero-order valence-electron chi connectivity index (χ0n) is 12.5. The molecule has 0 radical (unpaired) electrons. The molecule has 0 fully saturated rings. The molecule has 0 aliphatic rings. The average Bonchev–Trinajstić information content (AvgIpc) is 3.08. The molecule has 0 unspecified atom stereocenters. The Morgan fingerprint density at radius 1 is 1.26 bits per heavy atom. The minimum Gasteiger partial charge on any atom is -0.347 e. The van der Waals surface area contributed by atoms with Gasteiger partial charge >= 0.3 is 5.69 Å². The van der Waals surface area contributed by atoms with Crippen LogP contribution in [0.4, 0.5) is 0 Å². The topological polar surface area (TPSA) is 74.8 Å². The summed E-state index contributed by atoms with van der Waals surface area (Å²) in [5, 5.41) is 4.69. The van der Waals surface area contributed by atoms with Crippen molar-refractivity contribution in [2.24, 2.45) is 0 Å². The van der Waals surface area contributed by atoms with E-state index in [4.69, 9.17) is 0 Å². The molecule has 2 N–H and O–H groups in total. The van der Waals surface area contributed by atoms with Gasteiger partial charge < -0.3 is 10.3 Å². The van der Waals surface area contributed by atoms with Crippen molar-refractivity contribution in [1.82, 2.24) is 15.3 Å². The van der Waals surface area contributed by atoms with Gasteiger partial charge in [-0.25, -0.2) is 4.79 Å². The van der Waals surface area contributed by atoms with Crippen LogP contribution in [0.15, 0.2) is 52.6 Å². The highest BCUT2D eigenvalue weighted by atomic mass is 32.1. The Balaban J connectivity index is 1.77. The summed E-state index contributed by atoms with van der Waals surface area (Å²) >= 11 is 1.49. The molecule has 6 heteroatoms. The van der Waals surface area contributed by atoms with E-state index in [0.29, 0.717) is 12.2 Å². The first kappa shape index (κ1) is 15.2. The molecule has 1 amide bonds. The SMILES string of the molecule is Cc1ccc(CNC(=O)c2cc(-c3cccs3)[nH]c(=O)n2)cc1. The standard InChI is InChI=1S/C17H15N3O2S/c1-11-4-6-12(7-5-11)10-18-16(21)14-9-13(19-17(22)20-14)15-3-2-8-23-15/h2-9H,10H2,1H3,(H,18,21)(H,19,20,22). The first-order chi connectivity index (χ1) is 11.1. The number of rotatable bonds is 4. The number of hydrogen-bond acceptors (Lipinski definition) is 4. The molecule has 0 atom stereocenters. The number of thiophene rings is 1. The van der Waals surface area contributed by atoms with Crippen LogP contribution in [-0.4, -0.2) is 15.9 Å². The van der Waals surface area contributed by atoms with Gasteiger partial charge in [-0.05, 0) is 30.0 Å². The third kappa shape index (κ3) is 3.73. The summed E-state index contributed by atoms with van der Waals surface area (Å²) in [6, 6.07) is 13.2. The van der Waals surface area contributed by atoms with Gasteiger partial charge in [0.25, 0.3) is 5.91 Å². The third-order valence-electron chi connectivity index (χ3n) is 3.34. The van der Waals surface area contributed by atoms with Crippen LogP contribution in [0.25, 0.3) is 10.6 Å². The fourth-order valence-corrected chi connectivity index (χ4v) is 2.82. The molecule has 0 saturated carbocycles. The minimum atomic E-state index is -0.531. The van der Waals surface area contributed by atoms with Gasteiger partial charge in [-0.2, -0.15) is 4.98 Å². The number of aromatic amines is 1. The second kappa shape index (κ2) is 6.58. The van der Waals surface area contributed by atoms with E-state index in [1.54, 1.807) is 6.07 Å². The lowest BCUT2D eigenvalue weighted by molar-refractivity contribution is 0.0945. The summed E-state index contributed by atoms with van der Waals surface area (Å²) < 4.78 is 0. The van der Waals surface area contributed by atoms with Gasteiger partial charge in [-0.3, -0.25) is 4.79 Å². The number of H-pyrrole nitrogens is 1. The van der Waals surface area contributed by atoms with Crippen LogP contribution >= 0.6 is 11.3 Å². The lowest BCUT2D eigenvalue weighted by atomic mass is 10.1. The highest BCUT2D eigenvalue weighted by Gasteiger charge is 2.11. The second-order valence-corrected chi connectivity index (χ2v) is 6.08. The van der Waals surface area contributed by atoms with Crippen molar-refractivity contribution >= 4 is 17.2 Å². The van der Waals surface area contributed by atoms with E-state index in [-0.39, 0.29) is 11.6 Å². The summed E-state index contributed by atoms with van der Waals surface area (Å²) in [6.45, 7) is 2.40. The zero-order chi connectivity index (χ0) is 16.2. The number of hydrogen-bond donors (Lipinski definition) is 2. The molecule has 0 saturated heterocycles. The highest BCUT2D eigenvalue weighted by Crippen LogP contribution is 2.21. The van der Waals surface area contributed by atoms with Crippen molar-refractivity contribution in [3.05, 3.63) is 75.1 Å². The van der Waals surface area contributed by atoms with Crippen LogP contribution in [-0.2, 0) is 6.54 Å². The lowest BCUT2D eigenvalue weighted by Crippen LogP contribution is -2.27. The summed E-state index contributed by atoms with van der Waals surface area (Å²) in [5.41, 5.74) is 2.34. The third-order valence-corrected chi connectivity index (χ3v) is 4.24. The first-order valence-corrected chi connectivity index (χ1v) is 7.99. The van der Waals surface area contributed by atoms with E-state index in [0.717, 1.165) is 16.0 Å². The molecule has 0 spiro atoms. The average molecular weight is 325 g/mol. The molecule has 116 valence electrons. The molecule has 3 aromatic rings. The molecular weight excluding hydrogens is 310 g/mol. The first-order valence-electron chi connectivity index (χ1n) is 7.11. The van der Waals surface area contributed by atoms with Gasteiger partial charge in [0, 0.05) is 6.54 Å². The van der Waals surface area contributed by atoms with Gasteiger partial charge in [0.15, 0.2) is 0 Å². The van der Waals surface area contributed by atoms with E-state index in [2.05, 4.69) is 15.3 Å². The molecule has 23 heavy (non-hydrogen) atoms. The number of aromatic nitrogens is 2. The van der Waals surface area contributed by atoms with Gasteiger partial charge in [-0.15, -0.1) is 11.3 Å². The Hall–Kier alpha value is -2.73. The number of aryl methyl sites for hydroxylation is 1. The predicted molar refractivity (Wildman–Crippen MR) is 90.5 cm³/mol. The van der Waals surface area contributed by atoms with E-state index in [1.807, 2.05) is 48.7 Å². The molecule has 2 heterocycles. The fourth-order valence-electron chi connectivity index (χ4n) is 2.12. The number of nitrogens with one attached hydrogen (secondary N) is 2. The molecule has 0 aliphatic carbocycles. The maximum Gasteiger partial charge on any atom is 0.346 e. The quantitative estimate of drug-likeness (QED) is 0.774. The smallest absolute Gasteiger partial charge is 0.346 e. The summed E-state index contributed by atoms with van der Waals surface area (Å²) in [5.74, 6) is -0.366. The number of nitrogens with zero attached hydrogens (tertiary/aromatic N) is 1. The summed E-state index contributed by atoms with van der Waals surface area (Å²) in [6.07, 6.45) is 0. The van der Waals surface area contributed by atoms with Crippen LogP contribution in [0.1, 0.15) is 21.6 Å². The predicted octanol–water partition coefficient (Wildman–Crippen LogP) is 2.74. The fraction of sp³-hybridized carbons (Fsp3) is 0.118. The maximum atomic E-state index is 12.2. The van der Waals surface area contributed by atoms with Gasteiger partial charge in [0.2, 0.25) is 0 Å². The summed E-state index contributed by atoms with van der Waals surface area (Å²) in [4.78, 5) is 31.2. The minimum absolute atomic E-state index is 0.115. The molecule has 0 aliphatic heterocycles. The molecule has 0 bridgehead atoms. The van der Waals surface area contributed by atoms with Crippen LogP contribution in [0, 0.1) is 6.92 Å². The summed E-state index contributed by atoms with van der Waals surface area (Å²) in [7, 11) is 0. The highest BCUT2D eigenvalue weighted by molar-refractivity contribution is 7.13. The monoisotopic (exact) mass is 325 g/mol.